The van der Waals surface area contributed by atoms with Crippen LogP contribution in [0.25, 0.3) is 0 Å². The summed E-state index contributed by atoms with van der Waals surface area (Å²) in [6.07, 6.45) is 1.65. The number of hydrogen-bond acceptors (Lipinski definition) is 2. The van der Waals surface area contributed by atoms with E-state index < -0.39 is 0 Å². The van der Waals surface area contributed by atoms with Crippen LogP contribution in [-0.2, 0) is 4.79 Å². The molecule has 86 valence electrons. The largest absolute Gasteiger partial charge is 0.492 e. The summed E-state index contributed by atoms with van der Waals surface area (Å²) in [6.45, 7) is 2.04. The minimum atomic E-state index is 0.231. The second kappa shape index (κ2) is 5.21. The highest BCUT2D eigenvalue weighted by Crippen LogP contribution is 2.17. The van der Waals surface area contributed by atoms with E-state index in [2.05, 4.69) is 0 Å². The lowest BCUT2D eigenvalue weighted by Crippen LogP contribution is -2.29. The molecule has 0 spiro atoms. The molecule has 16 heavy (non-hydrogen) atoms. The van der Waals surface area contributed by atoms with Crippen molar-refractivity contribution in [2.75, 3.05) is 19.7 Å². The Hall–Kier alpha value is -1.22. The predicted molar refractivity (Wildman–Crippen MR) is 62.8 cm³/mol. The number of likely N-dealkylation sites (tertiary alicyclic amines) is 1. The van der Waals surface area contributed by atoms with Crippen molar-refractivity contribution in [1.29, 1.82) is 0 Å². The van der Waals surface area contributed by atoms with Gasteiger partial charge in [-0.15, -0.1) is 0 Å². The van der Waals surface area contributed by atoms with Crippen LogP contribution in [-0.4, -0.2) is 30.5 Å². The van der Waals surface area contributed by atoms with Gasteiger partial charge < -0.3 is 9.64 Å². The molecule has 1 amide bonds. The van der Waals surface area contributed by atoms with Gasteiger partial charge in [-0.25, -0.2) is 0 Å². The van der Waals surface area contributed by atoms with Crippen molar-refractivity contribution in [2.24, 2.45) is 0 Å². The minimum Gasteiger partial charge on any atom is -0.492 e. The molecule has 0 radical (unpaired) electrons. The molecule has 1 fully saturated rings. The number of ether oxygens (including phenoxy) is 1. The van der Waals surface area contributed by atoms with Crippen molar-refractivity contribution in [3.05, 3.63) is 29.3 Å². The number of rotatable bonds is 4. The summed E-state index contributed by atoms with van der Waals surface area (Å²) >= 11 is 5.83. The molecule has 0 aromatic heterocycles. The van der Waals surface area contributed by atoms with Gasteiger partial charge in [-0.1, -0.05) is 17.7 Å². The molecule has 0 unspecified atom stereocenters. The van der Waals surface area contributed by atoms with Crippen LogP contribution in [0, 0.1) is 0 Å². The van der Waals surface area contributed by atoms with Gasteiger partial charge in [-0.3, -0.25) is 4.79 Å². The summed E-state index contributed by atoms with van der Waals surface area (Å²) in [5.41, 5.74) is 0. The molecule has 0 atom stereocenters. The maximum Gasteiger partial charge on any atom is 0.222 e. The van der Waals surface area contributed by atoms with Gasteiger partial charge in [0.15, 0.2) is 0 Å². The van der Waals surface area contributed by atoms with Gasteiger partial charge in [0, 0.05) is 18.0 Å². The van der Waals surface area contributed by atoms with E-state index in [0.717, 1.165) is 18.7 Å². The fourth-order valence-electron chi connectivity index (χ4n) is 1.77. The van der Waals surface area contributed by atoms with E-state index in [4.69, 9.17) is 16.3 Å². The fourth-order valence-corrected chi connectivity index (χ4v) is 1.95. The highest BCUT2D eigenvalue weighted by atomic mass is 35.5. The Bertz CT molecular complexity index is 381. The Morgan fingerprint density at radius 3 is 3.00 bits per heavy atom. The molecule has 0 aliphatic carbocycles. The monoisotopic (exact) mass is 239 g/mol. The molecule has 0 N–H and O–H groups in total. The zero-order valence-corrected chi connectivity index (χ0v) is 9.74. The summed E-state index contributed by atoms with van der Waals surface area (Å²) in [7, 11) is 0. The van der Waals surface area contributed by atoms with E-state index in [1.54, 1.807) is 12.1 Å². The third-order valence-electron chi connectivity index (χ3n) is 2.60. The normalized spacial score (nSPS) is 15.6. The van der Waals surface area contributed by atoms with Crippen molar-refractivity contribution < 1.29 is 9.53 Å². The molecule has 2 rings (SSSR count). The van der Waals surface area contributed by atoms with Gasteiger partial charge in [-0.2, -0.15) is 0 Å². The molecule has 4 heteroatoms. The van der Waals surface area contributed by atoms with Crippen LogP contribution in [0.3, 0.4) is 0 Å². The maximum absolute atomic E-state index is 11.3. The summed E-state index contributed by atoms with van der Waals surface area (Å²) in [4.78, 5) is 13.2. The number of amides is 1. The number of carbonyl (C=O) groups excluding carboxylic acids is 1. The van der Waals surface area contributed by atoms with E-state index in [1.165, 1.54) is 0 Å². The molecular formula is C12H14ClNO2. The van der Waals surface area contributed by atoms with Crippen LogP contribution in [0.5, 0.6) is 5.75 Å². The highest BCUT2D eigenvalue weighted by Gasteiger charge is 2.19. The number of benzene rings is 1. The zero-order chi connectivity index (χ0) is 11.4. The lowest BCUT2D eigenvalue weighted by Gasteiger charge is -2.15. The molecule has 1 heterocycles. The third kappa shape index (κ3) is 2.89. The predicted octanol–water partition coefficient (Wildman–Crippen LogP) is 2.34. The summed E-state index contributed by atoms with van der Waals surface area (Å²) in [6, 6.07) is 7.28. The fraction of sp³-hybridized carbons (Fsp3) is 0.417. The van der Waals surface area contributed by atoms with E-state index in [-0.39, 0.29) is 5.91 Å². The number of halogens is 1. The highest BCUT2D eigenvalue weighted by molar-refractivity contribution is 6.30. The Labute approximate surface area is 100.0 Å². The first-order valence-electron chi connectivity index (χ1n) is 5.42. The summed E-state index contributed by atoms with van der Waals surface area (Å²) < 4.78 is 5.52. The Morgan fingerprint density at radius 1 is 1.44 bits per heavy atom. The zero-order valence-electron chi connectivity index (χ0n) is 8.99. The van der Waals surface area contributed by atoms with Gasteiger partial charge in [0.1, 0.15) is 12.4 Å². The van der Waals surface area contributed by atoms with Gasteiger partial charge in [0.05, 0.1) is 6.54 Å². The first kappa shape index (κ1) is 11.3. The molecule has 1 aliphatic rings. The second-order valence-electron chi connectivity index (χ2n) is 3.79. The molecule has 1 aliphatic heterocycles. The minimum absolute atomic E-state index is 0.231. The lowest BCUT2D eigenvalue weighted by molar-refractivity contribution is -0.128. The first-order chi connectivity index (χ1) is 7.75. The molecule has 0 saturated carbocycles. The van der Waals surface area contributed by atoms with Crippen molar-refractivity contribution in [3.63, 3.8) is 0 Å². The average Bonchev–Trinajstić information content (AvgIpc) is 2.65. The summed E-state index contributed by atoms with van der Waals surface area (Å²) in [5.74, 6) is 0.980. The van der Waals surface area contributed by atoms with Crippen LogP contribution in [0.4, 0.5) is 0 Å². The van der Waals surface area contributed by atoms with Crippen molar-refractivity contribution >= 4 is 17.5 Å². The van der Waals surface area contributed by atoms with Crippen molar-refractivity contribution in [2.45, 2.75) is 12.8 Å². The number of nitrogens with zero attached hydrogens (tertiary/aromatic N) is 1. The number of hydrogen-bond donors (Lipinski definition) is 0. The standard InChI is InChI=1S/C12H14ClNO2/c13-10-3-1-4-11(9-10)16-8-7-14-6-2-5-12(14)15/h1,3-4,9H,2,5-8H2. The Kier molecular flexibility index (Phi) is 3.67. The SMILES string of the molecule is O=C1CCCN1CCOc1cccc(Cl)c1. The second-order valence-corrected chi connectivity index (χ2v) is 4.23. The van der Waals surface area contributed by atoms with Gasteiger partial charge in [0.2, 0.25) is 5.91 Å². The van der Waals surface area contributed by atoms with Crippen LogP contribution >= 0.6 is 11.6 Å². The van der Waals surface area contributed by atoms with Crippen LogP contribution in [0.15, 0.2) is 24.3 Å². The third-order valence-corrected chi connectivity index (χ3v) is 2.83. The van der Waals surface area contributed by atoms with Gasteiger partial charge >= 0.3 is 0 Å². The first-order valence-corrected chi connectivity index (χ1v) is 5.79. The molecule has 1 aromatic carbocycles. The Balaban J connectivity index is 1.77. The van der Waals surface area contributed by atoms with E-state index >= 15 is 0 Å². The summed E-state index contributed by atoms with van der Waals surface area (Å²) in [5, 5.41) is 0.662. The Morgan fingerprint density at radius 2 is 2.31 bits per heavy atom. The molecule has 3 nitrogen and oxygen atoms in total. The molecule has 1 aromatic rings. The van der Waals surface area contributed by atoms with E-state index in [1.807, 2.05) is 17.0 Å². The maximum atomic E-state index is 11.3. The van der Waals surface area contributed by atoms with Crippen LogP contribution in [0.1, 0.15) is 12.8 Å². The van der Waals surface area contributed by atoms with Gasteiger partial charge in [-0.05, 0) is 24.6 Å². The van der Waals surface area contributed by atoms with Gasteiger partial charge in [0.25, 0.3) is 0 Å². The molecule has 1 saturated heterocycles. The molecular weight excluding hydrogens is 226 g/mol. The van der Waals surface area contributed by atoms with Crippen molar-refractivity contribution in [1.82, 2.24) is 4.90 Å². The van der Waals surface area contributed by atoms with E-state index in [9.17, 15) is 4.79 Å². The van der Waals surface area contributed by atoms with Crippen LogP contribution < -0.4 is 4.74 Å². The number of carbonyl (C=O) groups is 1. The average molecular weight is 240 g/mol. The molecule has 0 bridgehead atoms. The van der Waals surface area contributed by atoms with Crippen LogP contribution in [0.2, 0.25) is 5.02 Å². The smallest absolute Gasteiger partial charge is 0.222 e. The van der Waals surface area contributed by atoms with Crippen molar-refractivity contribution in [3.8, 4) is 5.75 Å². The van der Waals surface area contributed by atoms with E-state index in [0.29, 0.717) is 24.6 Å². The quantitative estimate of drug-likeness (QED) is 0.807. The lowest BCUT2D eigenvalue weighted by atomic mass is 10.3. The topological polar surface area (TPSA) is 29.5 Å².